The molecule has 0 aliphatic heterocycles. The molecule has 0 atom stereocenters. The van der Waals surface area contributed by atoms with Gasteiger partial charge in [0, 0.05) is 12.7 Å². The second-order valence-electron chi connectivity index (χ2n) is 5.05. The number of benzene rings is 1. The van der Waals surface area contributed by atoms with Gasteiger partial charge >= 0.3 is 5.88 Å². The van der Waals surface area contributed by atoms with E-state index in [4.69, 9.17) is 9.52 Å². The van der Waals surface area contributed by atoms with Crippen LogP contribution in [0, 0.1) is 10.1 Å². The number of hydrogen-bond acceptors (Lipinski definition) is 6. The van der Waals surface area contributed by atoms with Crippen LogP contribution in [-0.2, 0) is 0 Å². The highest BCUT2D eigenvalue weighted by Gasteiger charge is 2.23. The molecule has 1 aromatic carbocycles. The molecule has 2 aromatic heterocycles. The number of nitro groups is 1. The van der Waals surface area contributed by atoms with Crippen molar-refractivity contribution in [2.45, 2.75) is 0 Å². The number of aromatic nitrogens is 2. The number of carbonyl (C=O) groups excluding carboxylic acids is 1. The van der Waals surface area contributed by atoms with Gasteiger partial charge in [-0.25, -0.2) is 4.68 Å². The fourth-order valence-corrected chi connectivity index (χ4v) is 2.25. The normalized spacial score (nSPS) is 10.6. The van der Waals surface area contributed by atoms with Gasteiger partial charge in [-0.05, 0) is 18.2 Å². The summed E-state index contributed by atoms with van der Waals surface area (Å²) in [4.78, 5) is 22.5. The maximum absolute atomic E-state index is 12.3. The Labute approximate surface area is 141 Å². The zero-order valence-corrected chi connectivity index (χ0v) is 13.0. The molecule has 0 bridgehead atoms. The Hall–Kier alpha value is -3.46. The molecule has 9 nitrogen and oxygen atoms in total. The van der Waals surface area contributed by atoms with Crippen LogP contribution in [0.4, 0.5) is 5.88 Å². The number of aliphatic hydroxyl groups excluding tert-OH is 1. The first kappa shape index (κ1) is 16.4. The average molecular weight is 342 g/mol. The summed E-state index contributed by atoms with van der Waals surface area (Å²) < 4.78 is 6.66. The minimum Gasteiger partial charge on any atom is -0.399 e. The molecule has 0 saturated heterocycles. The molecule has 3 rings (SSSR count). The molecule has 1 amide bonds. The number of carbonyl (C=O) groups is 1. The van der Waals surface area contributed by atoms with Crippen molar-refractivity contribution in [3.63, 3.8) is 0 Å². The Morgan fingerprint density at radius 2 is 2.04 bits per heavy atom. The Morgan fingerprint density at radius 3 is 2.68 bits per heavy atom. The SMILES string of the molecule is O=C(NCCO)c1cn(-c2ccccc2)nc1-c1ccc([N+](=O)[O-])o1. The lowest BCUT2D eigenvalue weighted by molar-refractivity contribution is -0.401. The molecule has 3 aromatic rings. The van der Waals surface area contributed by atoms with Gasteiger partial charge < -0.3 is 14.8 Å². The molecular formula is C16H14N4O5. The summed E-state index contributed by atoms with van der Waals surface area (Å²) in [6.07, 6.45) is 1.51. The van der Waals surface area contributed by atoms with Crippen molar-refractivity contribution in [1.82, 2.24) is 15.1 Å². The van der Waals surface area contributed by atoms with Gasteiger partial charge in [0.1, 0.15) is 10.6 Å². The van der Waals surface area contributed by atoms with E-state index in [1.54, 1.807) is 12.1 Å². The number of amides is 1. The number of furan rings is 1. The van der Waals surface area contributed by atoms with E-state index < -0.39 is 16.7 Å². The van der Waals surface area contributed by atoms with E-state index in [-0.39, 0.29) is 30.2 Å². The summed E-state index contributed by atoms with van der Waals surface area (Å²) in [5.41, 5.74) is 1.07. The van der Waals surface area contributed by atoms with Crippen molar-refractivity contribution in [1.29, 1.82) is 0 Å². The summed E-state index contributed by atoms with van der Waals surface area (Å²) in [6.45, 7) is -0.132. The van der Waals surface area contributed by atoms with Crippen LogP contribution in [0.2, 0.25) is 0 Å². The topological polar surface area (TPSA) is 123 Å². The number of rotatable bonds is 6. The summed E-state index contributed by atoms with van der Waals surface area (Å²) in [6, 6.07) is 11.7. The fraction of sp³-hybridized carbons (Fsp3) is 0.125. The Bertz CT molecular complexity index is 900. The minimum atomic E-state index is -0.663. The van der Waals surface area contributed by atoms with Gasteiger partial charge in [-0.3, -0.25) is 14.9 Å². The predicted molar refractivity (Wildman–Crippen MR) is 87.3 cm³/mol. The third kappa shape index (κ3) is 3.40. The molecule has 0 saturated carbocycles. The van der Waals surface area contributed by atoms with Crippen molar-refractivity contribution in [3.8, 4) is 17.1 Å². The van der Waals surface area contributed by atoms with E-state index in [0.717, 1.165) is 0 Å². The number of aliphatic hydroxyl groups is 1. The zero-order chi connectivity index (χ0) is 17.8. The maximum Gasteiger partial charge on any atom is 0.433 e. The fourth-order valence-electron chi connectivity index (χ4n) is 2.25. The third-order valence-electron chi connectivity index (χ3n) is 3.38. The van der Waals surface area contributed by atoms with E-state index in [0.29, 0.717) is 5.69 Å². The first-order valence-corrected chi connectivity index (χ1v) is 7.39. The molecule has 25 heavy (non-hydrogen) atoms. The van der Waals surface area contributed by atoms with Crippen molar-refractivity contribution in [2.24, 2.45) is 0 Å². The van der Waals surface area contributed by atoms with Gasteiger partial charge in [-0.15, -0.1) is 0 Å². The lowest BCUT2D eigenvalue weighted by Gasteiger charge is -2.01. The lowest BCUT2D eigenvalue weighted by Crippen LogP contribution is -2.26. The highest BCUT2D eigenvalue weighted by molar-refractivity contribution is 5.99. The molecule has 0 aliphatic rings. The van der Waals surface area contributed by atoms with Crippen LogP contribution >= 0.6 is 0 Å². The van der Waals surface area contributed by atoms with Gasteiger partial charge in [0.05, 0.1) is 23.9 Å². The van der Waals surface area contributed by atoms with Gasteiger partial charge in [0.2, 0.25) is 0 Å². The molecule has 0 radical (unpaired) electrons. The monoisotopic (exact) mass is 342 g/mol. The molecule has 2 heterocycles. The van der Waals surface area contributed by atoms with Crippen molar-refractivity contribution in [3.05, 3.63) is 64.3 Å². The third-order valence-corrected chi connectivity index (χ3v) is 3.38. The van der Waals surface area contributed by atoms with Gasteiger partial charge in [0.15, 0.2) is 5.76 Å². The Kier molecular flexibility index (Phi) is 4.57. The second-order valence-corrected chi connectivity index (χ2v) is 5.05. The smallest absolute Gasteiger partial charge is 0.399 e. The first-order valence-electron chi connectivity index (χ1n) is 7.39. The number of para-hydroxylation sites is 1. The number of nitrogens with one attached hydrogen (secondary N) is 1. The molecule has 2 N–H and O–H groups in total. The van der Waals surface area contributed by atoms with E-state index in [2.05, 4.69) is 10.4 Å². The van der Waals surface area contributed by atoms with Crippen LogP contribution in [-0.4, -0.2) is 38.9 Å². The van der Waals surface area contributed by atoms with Crippen LogP contribution in [0.25, 0.3) is 17.1 Å². The summed E-state index contributed by atoms with van der Waals surface area (Å²) in [7, 11) is 0. The standard InChI is InChI=1S/C16H14N4O5/c21-9-8-17-16(22)12-10-19(11-4-2-1-3-5-11)18-15(12)13-6-7-14(25-13)20(23)24/h1-7,10,21H,8-9H2,(H,17,22). The number of hydrogen-bond donors (Lipinski definition) is 2. The molecular weight excluding hydrogens is 328 g/mol. The van der Waals surface area contributed by atoms with E-state index >= 15 is 0 Å². The lowest BCUT2D eigenvalue weighted by atomic mass is 10.2. The summed E-state index contributed by atoms with van der Waals surface area (Å²) in [5.74, 6) is -0.799. The van der Waals surface area contributed by atoms with Crippen molar-refractivity contribution in [2.75, 3.05) is 13.2 Å². The molecule has 0 aliphatic carbocycles. The number of nitrogens with zero attached hydrogens (tertiary/aromatic N) is 3. The highest BCUT2D eigenvalue weighted by Crippen LogP contribution is 2.28. The quantitative estimate of drug-likeness (QED) is 0.520. The van der Waals surface area contributed by atoms with Gasteiger partial charge in [-0.2, -0.15) is 5.10 Å². The summed E-state index contributed by atoms with van der Waals surface area (Å²) in [5, 5.41) is 26.5. The van der Waals surface area contributed by atoms with E-state index in [1.165, 1.54) is 23.0 Å². The van der Waals surface area contributed by atoms with Crippen LogP contribution in [0.3, 0.4) is 0 Å². The molecule has 0 fully saturated rings. The molecule has 0 spiro atoms. The van der Waals surface area contributed by atoms with Crippen LogP contribution in [0.15, 0.2) is 53.1 Å². The van der Waals surface area contributed by atoms with Gasteiger partial charge in [-0.1, -0.05) is 18.2 Å². The molecule has 0 unspecified atom stereocenters. The van der Waals surface area contributed by atoms with Crippen LogP contribution < -0.4 is 5.32 Å². The Balaban J connectivity index is 2.06. The zero-order valence-electron chi connectivity index (χ0n) is 13.0. The van der Waals surface area contributed by atoms with Crippen LogP contribution in [0.5, 0.6) is 0 Å². The highest BCUT2D eigenvalue weighted by atomic mass is 16.6. The molecule has 128 valence electrons. The predicted octanol–water partition coefficient (Wildman–Crippen LogP) is 1.76. The van der Waals surface area contributed by atoms with Crippen molar-refractivity contribution < 1.29 is 19.2 Å². The second kappa shape index (κ2) is 6.97. The van der Waals surface area contributed by atoms with Gasteiger partial charge in [0.25, 0.3) is 5.91 Å². The minimum absolute atomic E-state index is 0.0765. The van der Waals surface area contributed by atoms with Crippen molar-refractivity contribution >= 4 is 11.8 Å². The molecule has 9 heteroatoms. The van der Waals surface area contributed by atoms with E-state index in [9.17, 15) is 14.9 Å². The Morgan fingerprint density at radius 1 is 1.28 bits per heavy atom. The van der Waals surface area contributed by atoms with Crippen LogP contribution in [0.1, 0.15) is 10.4 Å². The average Bonchev–Trinajstić information content (AvgIpc) is 3.27. The maximum atomic E-state index is 12.3. The summed E-state index contributed by atoms with van der Waals surface area (Å²) >= 11 is 0. The largest absolute Gasteiger partial charge is 0.433 e. The van der Waals surface area contributed by atoms with E-state index in [1.807, 2.05) is 18.2 Å². The first-order chi connectivity index (χ1) is 12.1.